The van der Waals surface area contributed by atoms with Gasteiger partial charge in [-0.1, -0.05) is 0 Å². The molecule has 0 saturated carbocycles. The predicted molar refractivity (Wildman–Crippen MR) is 73.3 cm³/mol. The molecule has 2 aromatic carbocycles. The Morgan fingerprint density at radius 2 is 2.00 bits per heavy atom. The number of nitro groups is 1. The van der Waals surface area contributed by atoms with Gasteiger partial charge in [0.05, 0.1) is 18.1 Å². The van der Waals surface area contributed by atoms with Crippen molar-refractivity contribution in [3.05, 3.63) is 63.7 Å². The van der Waals surface area contributed by atoms with Crippen LogP contribution in [0.15, 0.2) is 36.4 Å². The van der Waals surface area contributed by atoms with E-state index < -0.39 is 16.6 Å². The van der Waals surface area contributed by atoms with E-state index in [2.05, 4.69) is 5.32 Å². The second kappa shape index (κ2) is 6.17. The Morgan fingerprint density at radius 3 is 2.67 bits per heavy atom. The fraction of sp³-hybridized carbons (Fsp3) is 0.143. The highest BCUT2D eigenvalue weighted by atomic mass is 19.1. The van der Waals surface area contributed by atoms with E-state index in [-0.39, 0.29) is 23.5 Å². The summed E-state index contributed by atoms with van der Waals surface area (Å²) < 4.78 is 31.5. The topological polar surface area (TPSA) is 64.4 Å². The van der Waals surface area contributed by atoms with Gasteiger partial charge in [-0.25, -0.2) is 8.78 Å². The number of methoxy groups -OCH3 is 1. The van der Waals surface area contributed by atoms with Gasteiger partial charge in [0.2, 0.25) is 0 Å². The third-order valence-corrected chi connectivity index (χ3v) is 2.88. The van der Waals surface area contributed by atoms with E-state index in [0.29, 0.717) is 5.75 Å². The molecule has 0 radical (unpaired) electrons. The average molecular weight is 294 g/mol. The zero-order valence-corrected chi connectivity index (χ0v) is 11.1. The second-order valence-electron chi connectivity index (χ2n) is 4.23. The van der Waals surface area contributed by atoms with Crippen LogP contribution in [0.2, 0.25) is 0 Å². The Balaban J connectivity index is 2.23. The molecule has 1 N–H and O–H groups in total. The summed E-state index contributed by atoms with van der Waals surface area (Å²) in [6, 6.07) is 7.30. The van der Waals surface area contributed by atoms with Gasteiger partial charge in [0.25, 0.3) is 5.69 Å². The zero-order chi connectivity index (χ0) is 15.4. The number of nitrogens with one attached hydrogen (secondary N) is 1. The van der Waals surface area contributed by atoms with Crippen molar-refractivity contribution in [1.82, 2.24) is 0 Å². The van der Waals surface area contributed by atoms with E-state index in [1.165, 1.54) is 25.3 Å². The van der Waals surface area contributed by atoms with Crippen LogP contribution in [0.1, 0.15) is 5.56 Å². The third-order valence-electron chi connectivity index (χ3n) is 2.88. The zero-order valence-electron chi connectivity index (χ0n) is 11.1. The van der Waals surface area contributed by atoms with E-state index in [0.717, 1.165) is 18.2 Å². The summed E-state index contributed by atoms with van der Waals surface area (Å²) in [5.74, 6) is -0.818. The number of hydrogen-bond acceptors (Lipinski definition) is 4. The lowest BCUT2D eigenvalue weighted by Gasteiger charge is -2.09. The quantitative estimate of drug-likeness (QED) is 0.677. The molecular formula is C14H12F2N2O3. The van der Waals surface area contributed by atoms with Crippen molar-refractivity contribution in [3.8, 4) is 5.75 Å². The highest BCUT2D eigenvalue weighted by Gasteiger charge is 2.15. The standard InChI is InChI=1S/C14H12F2N2O3/c1-21-11-3-5-13(14(7-11)18(19)20)17-8-9-6-10(15)2-4-12(9)16/h2-7,17H,8H2,1H3. The highest BCUT2D eigenvalue weighted by molar-refractivity contribution is 5.64. The fourth-order valence-electron chi connectivity index (χ4n) is 1.81. The van der Waals surface area contributed by atoms with Gasteiger partial charge in [-0.15, -0.1) is 0 Å². The second-order valence-corrected chi connectivity index (χ2v) is 4.23. The number of nitrogens with zero attached hydrogens (tertiary/aromatic N) is 1. The Bertz CT molecular complexity index is 677. The molecule has 0 fully saturated rings. The first-order valence-corrected chi connectivity index (χ1v) is 6.01. The number of rotatable bonds is 5. The van der Waals surface area contributed by atoms with Crippen LogP contribution in [-0.4, -0.2) is 12.0 Å². The molecule has 0 aromatic heterocycles. The highest BCUT2D eigenvalue weighted by Crippen LogP contribution is 2.29. The Kier molecular flexibility index (Phi) is 4.32. The van der Waals surface area contributed by atoms with Crippen molar-refractivity contribution in [2.45, 2.75) is 6.54 Å². The van der Waals surface area contributed by atoms with Crippen LogP contribution in [0.3, 0.4) is 0 Å². The van der Waals surface area contributed by atoms with Crippen molar-refractivity contribution < 1.29 is 18.4 Å². The van der Waals surface area contributed by atoms with Crippen LogP contribution in [0.25, 0.3) is 0 Å². The van der Waals surface area contributed by atoms with Crippen LogP contribution in [0.5, 0.6) is 5.75 Å². The molecule has 7 heteroatoms. The lowest BCUT2D eigenvalue weighted by molar-refractivity contribution is -0.384. The molecule has 0 saturated heterocycles. The molecule has 0 unspecified atom stereocenters. The Morgan fingerprint density at radius 1 is 1.24 bits per heavy atom. The van der Waals surface area contributed by atoms with Gasteiger partial charge in [-0.3, -0.25) is 10.1 Å². The molecule has 0 aliphatic rings. The summed E-state index contributed by atoms with van der Waals surface area (Å²) in [4.78, 5) is 10.4. The van der Waals surface area contributed by atoms with Gasteiger partial charge in [0.1, 0.15) is 23.1 Å². The molecule has 0 aliphatic heterocycles. The normalized spacial score (nSPS) is 10.2. The largest absolute Gasteiger partial charge is 0.496 e. The summed E-state index contributed by atoms with van der Waals surface area (Å²) in [6.07, 6.45) is 0. The number of halogens is 2. The molecule has 0 heterocycles. The Labute approximate surface area is 119 Å². The Hall–Kier alpha value is -2.70. The molecule has 0 atom stereocenters. The van der Waals surface area contributed by atoms with Gasteiger partial charge in [-0.2, -0.15) is 0 Å². The molecule has 0 spiro atoms. The number of benzene rings is 2. The van der Waals surface area contributed by atoms with Gasteiger partial charge < -0.3 is 10.1 Å². The average Bonchev–Trinajstić information content (AvgIpc) is 2.48. The summed E-state index contributed by atoms with van der Waals surface area (Å²) in [5, 5.41) is 13.7. The monoisotopic (exact) mass is 294 g/mol. The first-order chi connectivity index (χ1) is 10.0. The minimum atomic E-state index is -0.583. The van der Waals surface area contributed by atoms with Crippen LogP contribution in [0.4, 0.5) is 20.2 Å². The summed E-state index contributed by atoms with van der Waals surface area (Å²) in [6.45, 7) is -0.0727. The van der Waals surface area contributed by atoms with Crippen molar-refractivity contribution in [3.63, 3.8) is 0 Å². The third kappa shape index (κ3) is 3.44. The van der Waals surface area contributed by atoms with E-state index in [9.17, 15) is 18.9 Å². The minimum Gasteiger partial charge on any atom is -0.496 e. The first kappa shape index (κ1) is 14.7. The molecule has 0 bridgehead atoms. The summed E-state index contributed by atoms with van der Waals surface area (Å²) >= 11 is 0. The van der Waals surface area contributed by atoms with Gasteiger partial charge in [-0.05, 0) is 30.3 Å². The number of hydrogen-bond donors (Lipinski definition) is 1. The maximum absolute atomic E-state index is 13.5. The predicted octanol–water partition coefficient (Wildman–Crippen LogP) is 3.49. The van der Waals surface area contributed by atoms with Crippen LogP contribution < -0.4 is 10.1 Å². The van der Waals surface area contributed by atoms with Crippen molar-refractivity contribution >= 4 is 11.4 Å². The summed E-state index contributed by atoms with van der Waals surface area (Å²) in [7, 11) is 1.40. The molecule has 5 nitrogen and oxygen atoms in total. The maximum Gasteiger partial charge on any atom is 0.296 e. The molecule has 2 rings (SSSR count). The molecule has 0 amide bonds. The van der Waals surface area contributed by atoms with E-state index >= 15 is 0 Å². The van der Waals surface area contributed by atoms with Crippen LogP contribution in [-0.2, 0) is 6.54 Å². The van der Waals surface area contributed by atoms with Gasteiger partial charge >= 0.3 is 0 Å². The minimum absolute atomic E-state index is 0.0727. The fourth-order valence-corrected chi connectivity index (χ4v) is 1.81. The van der Waals surface area contributed by atoms with Crippen LogP contribution >= 0.6 is 0 Å². The smallest absolute Gasteiger partial charge is 0.296 e. The van der Waals surface area contributed by atoms with E-state index in [4.69, 9.17) is 4.74 Å². The summed E-state index contributed by atoms with van der Waals surface area (Å²) in [5.41, 5.74) is 0.0794. The maximum atomic E-state index is 13.5. The SMILES string of the molecule is COc1ccc(NCc2cc(F)ccc2F)c([N+](=O)[O-])c1. The van der Waals surface area contributed by atoms with Crippen molar-refractivity contribution in [2.75, 3.05) is 12.4 Å². The lowest BCUT2D eigenvalue weighted by Crippen LogP contribution is -2.05. The van der Waals surface area contributed by atoms with Crippen molar-refractivity contribution in [2.24, 2.45) is 0 Å². The first-order valence-electron chi connectivity index (χ1n) is 6.01. The molecule has 2 aromatic rings. The number of nitro benzene ring substituents is 1. The van der Waals surface area contributed by atoms with Gasteiger partial charge in [0.15, 0.2) is 0 Å². The molecular weight excluding hydrogens is 282 g/mol. The van der Waals surface area contributed by atoms with Crippen LogP contribution in [0, 0.1) is 21.7 Å². The lowest BCUT2D eigenvalue weighted by atomic mass is 10.2. The number of anilines is 1. The number of ether oxygens (including phenoxy) is 1. The molecule has 0 aliphatic carbocycles. The molecule has 21 heavy (non-hydrogen) atoms. The van der Waals surface area contributed by atoms with E-state index in [1.54, 1.807) is 0 Å². The van der Waals surface area contributed by atoms with Crippen molar-refractivity contribution in [1.29, 1.82) is 0 Å². The van der Waals surface area contributed by atoms with Gasteiger partial charge in [0, 0.05) is 12.1 Å². The molecule has 110 valence electrons. The van der Waals surface area contributed by atoms with E-state index in [1.807, 2.05) is 0 Å².